The van der Waals surface area contributed by atoms with E-state index in [1.54, 1.807) is 0 Å². The normalized spacial score (nSPS) is 13.9. The summed E-state index contributed by atoms with van der Waals surface area (Å²) in [6, 6.07) is 0. The standard InChI is InChI=1S/C11H20OSi/c1-11(10-12)8-6-5-7-9-13(2,3)4/h5-6,11-12H,8,10H2,1-4H3. The smallest absolute Gasteiger partial charge is 0.129 e. The van der Waals surface area contributed by atoms with Gasteiger partial charge in [0.2, 0.25) is 0 Å². The quantitative estimate of drug-likeness (QED) is 0.543. The van der Waals surface area contributed by atoms with E-state index in [1.165, 1.54) is 0 Å². The number of aliphatic hydroxyl groups excluding tert-OH is 1. The summed E-state index contributed by atoms with van der Waals surface area (Å²) in [6.07, 6.45) is 4.86. The van der Waals surface area contributed by atoms with Crippen molar-refractivity contribution < 1.29 is 5.11 Å². The Hall–Kier alpha value is -0.523. The van der Waals surface area contributed by atoms with Crippen LogP contribution in [0.4, 0.5) is 0 Å². The largest absolute Gasteiger partial charge is 0.396 e. The highest BCUT2D eigenvalue weighted by Crippen LogP contribution is 2.00. The summed E-state index contributed by atoms with van der Waals surface area (Å²) in [7, 11) is -1.20. The van der Waals surface area contributed by atoms with E-state index < -0.39 is 8.07 Å². The van der Waals surface area contributed by atoms with Crippen molar-refractivity contribution in [2.45, 2.75) is 33.0 Å². The molecule has 0 heterocycles. The molecule has 1 atom stereocenters. The molecule has 0 saturated carbocycles. The van der Waals surface area contributed by atoms with Crippen LogP contribution in [0.15, 0.2) is 12.2 Å². The molecule has 0 spiro atoms. The minimum absolute atomic E-state index is 0.256. The fraction of sp³-hybridized carbons (Fsp3) is 0.636. The van der Waals surface area contributed by atoms with Gasteiger partial charge in [0, 0.05) is 6.61 Å². The van der Waals surface area contributed by atoms with Crippen LogP contribution in [-0.2, 0) is 0 Å². The highest BCUT2D eigenvalue weighted by atomic mass is 28.3. The summed E-state index contributed by atoms with van der Waals surface area (Å²) in [4.78, 5) is 0. The Morgan fingerprint density at radius 2 is 2.00 bits per heavy atom. The molecule has 0 aliphatic carbocycles. The zero-order chi connectivity index (χ0) is 10.3. The van der Waals surface area contributed by atoms with Gasteiger partial charge in [-0.2, -0.15) is 0 Å². The Balaban J connectivity index is 3.80. The Morgan fingerprint density at radius 3 is 2.46 bits per heavy atom. The fourth-order valence-corrected chi connectivity index (χ4v) is 1.21. The minimum Gasteiger partial charge on any atom is -0.396 e. The lowest BCUT2D eigenvalue weighted by molar-refractivity contribution is 0.239. The average Bonchev–Trinajstić information content (AvgIpc) is 2.01. The van der Waals surface area contributed by atoms with Gasteiger partial charge in [0.15, 0.2) is 0 Å². The zero-order valence-electron chi connectivity index (χ0n) is 9.09. The maximum atomic E-state index is 8.76. The Kier molecular flexibility index (Phi) is 5.77. The van der Waals surface area contributed by atoms with Gasteiger partial charge in [0.05, 0.1) is 0 Å². The lowest BCUT2D eigenvalue weighted by atomic mass is 10.1. The molecule has 1 nitrogen and oxygen atoms in total. The van der Waals surface area contributed by atoms with Crippen LogP contribution in [0.2, 0.25) is 19.6 Å². The van der Waals surface area contributed by atoms with Crippen LogP contribution < -0.4 is 0 Å². The fourth-order valence-electron chi connectivity index (χ4n) is 0.692. The van der Waals surface area contributed by atoms with Crippen molar-refractivity contribution in [2.24, 2.45) is 5.92 Å². The van der Waals surface area contributed by atoms with Crippen molar-refractivity contribution in [1.29, 1.82) is 0 Å². The second kappa shape index (κ2) is 6.01. The molecule has 0 aromatic carbocycles. The molecular weight excluding hydrogens is 176 g/mol. The van der Waals surface area contributed by atoms with Crippen molar-refractivity contribution in [3.63, 3.8) is 0 Å². The lowest BCUT2D eigenvalue weighted by Crippen LogP contribution is -2.16. The van der Waals surface area contributed by atoms with Crippen LogP contribution in [0.3, 0.4) is 0 Å². The van der Waals surface area contributed by atoms with Crippen molar-refractivity contribution in [3.8, 4) is 11.5 Å². The topological polar surface area (TPSA) is 20.2 Å². The summed E-state index contributed by atoms with van der Waals surface area (Å²) < 4.78 is 0. The van der Waals surface area contributed by atoms with Crippen molar-refractivity contribution in [1.82, 2.24) is 0 Å². The molecule has 0 aliphatic heterocycles. The first-order chi connectivity index (χ1) is 5.95. The molecule has 0 rings (SSSR count). The third-order valence-corrected chi connectivity index (χ3v) is 2.39. The van der Waals surface area contributed by atoms with Crippen molar-refractivity contribution in [2.75, 3.05) is 6.61 Å². The number of hydrogen-bond donors (Lipinski definition) is 1. The van der Waals surface area contributed by atoms with Gasteiger partial charge in [-0.1, -0.05) is 38.6 Å². The molecule has 0 aliphatic rings. The van der Waals surface area contributed by atoms with Gasteiger partial charge < -0.3 is 5.11 Å². The number of rotatable bonds is 3. The van der Waals surface area contributed by atoms with Gasteiger partial charge in [-0.3, -0.25) is 0 Å². The highest BCUT2D eigenvalue weighted by Gasteiger charge is 2.06. The predicted octanol–water partition coefficient (Wildman–Crippen LogP) is 2.44. The number of allylic oxidation sites excluding steroid dienone is 2. The molecule has 0 aromatic rings. The van der Waals surface area contributed by atoms with E-state index in [-0.39, 0.29) is 6.61 Å². The van der Waals surface area contributed by atoms with Crippen LogP contribution >= 0.6 is 0 Å². The monoisotopic (exact) mass is 196 g/mol. The van der Waals surface area contributed by atoms with E-state index in [4.69, 9.17) is 5.11 Å². The SMILES string of the molecule is CC(CO)CC=CC#C[Si](C)(C)C. The molecule has 0 fully saturated rings. The second-order valence-corrected chi connectivity index (χ2v) is 9.20. The summed E-state index contributed by atoms with van der Waals surface area (Å²) in [5, 5.41) is 8.76. The highest BCUT2D eigenvalue weighted by molar-refractivity contribution is 6.83. The van der Waals surface area contributed by atoms with Crippen molar-refractivity contribution >= 4 is 8.07 Å². The Bertz CT molecular complexity index is 214. The summed E-state index contributed by atoms with van der Waals surface area (Å²) in [5.41, 5.74) is 3.25. The van der Waals surface area contributed by atoms with Gasteiger partial charge in [0.1, 0.15) is 8.07 Å². The van der Waals surface area contributed by atoms with Gasteiger partial charge >= 0.3 is 0 Å². The molecule has 1 unspecified atom stereocenters. The van der Waals surface area contributed by atoms with Crippen LogP contribution in [-0.4, -0.2) is 19.8 Å². The summed E-state index contributed by atoms with van der Waals surface area (Å²) in [6.45, 7) is 8.96. The van der Waals surface area contributed by atoms with E-state index in [9.17, 15) is 0 Å². The zero-order valence-corrected chi connectivity index (χ0v) is 10.1. The minimum atomic E-state index is -1.20. The van der Waals surface area contributed by atoms with Crippen LogP contribution in [0.1, 0.15) is 13.3 Å². The average molecular weight is 196 g/mol. The van der Waals surface area contributed by atoms with Gasteiger partial charge in [-0.25, -0.2) is 0 Å². The predicted molar refractivity (Wildman–Crippen MR) is 61.1 cm³/mol. The van der Waals surface area contributed by atoms with Crippen LogP contribution in [0.25, 0.3) is 0 Å². The Labute approximate surface area is 82.9 Å². The van der Waals surface area contributed by atoms with E-state index in [1.807, 2.05) is 19.1 Å². The molecule has 0 radical (unpaired) electrons. The maximum absolute atomic E-state index is 8.76. The second-order valence-electron chi connectivity index (χ2n) is 4.45. The molecule has 1 N–H and O–H groups in total. The molecule has 0 bridgehead atoms. The molecule has 0 amide bonds. The Morgan fingerprint density at radius 1 is 1.38 bits per heavy atom. The molecular formula is C11H20OSi. The van der Waals surface area contributed by atoms with Gasteiger partial charge in [-0.15, -0.1) is 5.54 Å². The lowest BCUT2D eigenvalue weighted by Gasteiger charge is -2.02. The number of aliphatic hydroxyl groups is 1. The third-order valence-electron chi connectivity index (χ3n) is 1.50. The first-order valence-corrected chi connectivity index (χ1v) is 8.24. The molecule has 74 valence electrons. The number of hydrogen-bond acceptors (Lipinski definition) is 1. The van der Waals surface area contributed by atoms with E-state index in [2.05, 4.69) is 31.1 Å². The molecule has 13 heavy (non-hydrogen) atoms. The first kappa shape index (κ1) is 12.5. The van der Waals surface area contributed by atoms with Gasteiger partial charge in [0.25, 0.3) is 0 Å². The maximum Gasteiger partial charge on any atom is 0.129 e. The molecule has 0 aromatic heterocycles. The molecule has 0 saturated heterocycles. The van der Waals surface area contributed by atoms with Crippen LogP contribution in [0.5, 0.6) is 0 Å². The van der Waals surface area contributed by atoms with Crippen LogP contribution in [0, 0.1) is 17.4 Å². The van der Waals surface area contributed by atoms with Gasteiger partial charge in [-0.05, 0) is 18.4 Å². The summed E-state index contributed by atoms with van der Waals surface area (Å²) >= 11 is 0. The van der Waals surface area contributed by atoms with E-state index >= 15 is 0 Å². The third kappa shape index (κ3) is 9.39. The summed E-state index contributed by atoms with van der Waals surface area (Å²) in [5.74, 6) is 3.41. The van der Waals surface area contributed by atoms with Crippen molar-refractivity contribution in [3.05, 3.63) is 12.2 Å². The molecule has 2 heteroatoms. The van der Waals surface area contributed by atoms with E-state index in [0.717, 1.165) is 6.42 Å². The first-order valence-electron chi connectivity index (χ1n) is 4.74. The van der Waals surface area contributed by atoms with E-state index in [0.29, 0.717) is 5.92 Å².